The van der Waals surface area contributed by atoms with Gasteiger partial charge in [-0.25, -0.2) is 4.39 Å². The Morgan fingerprint density at radius 3 is 2.00 bits per heavy atom. The Bertz CT molecular complexity index is 741. The van der Waals surface area contributed by atoms with Crippen LogP contribution in [-0.2, 0) is 22.6 Å². The number of amides is 2. The highest BCUT2D eigenvalue weighted by Gasteiger charge is 2.38. The predicted octanol–water partition coefficient (Wildman–Crippen LogP) is 3.19. The van der Waals surface area contributed by atoms with Gasteiger partial charge in [0.25, 0.3) is 0 Å². The van der Waals surface area contributed by atoms with Crippen LogP contribution in [0.25, 0.3) is 0 Å². The maximum Gasteiger partial charge on any atom is 0.471 e. The van der Waals surface area contributed by atoms with Gasteiger partial charge >= 0.3 is 12.1 Å². The first-order chi connectivity index (χ1) is 11.7. The average molecular weight is 354 g/mol. The molecule has 2 aromatic rings. The van der Waals surface area contributed by atoms with Crippen LogP contribution >= 0.6 is 0 Å². The molecule has 0 unspecified atom stereocenters. The van der Waals surface area contributed by atoms with Crippen LogP contribution in [0.3, 0.4) is 0 Å². The second-order valence-electron chi connectivity index (χ2n) is 5.23. The summed E-state index contributed by atoms with van der Waals surface area (Å²) in [6.07, 6.45) is -4.86. The van der Waals surface area contributed by atoms with E-state index >= 15 is 0 Å². The Labute approximate surface area is 140 Å². The quantitative estimate of drug-likeness (QED) is 0.811. The standard InChI is InChI=1S/C17H14F4N2O2/c18-13-5-1-11(2-6-13)9-15(24)23-14-7-3-12(4-8-14)10-22-16(25)17(19,20)21/h1-8H,9-10H2,(H,22,25)(H,23,24). The number of hydrogen-bond acceptors (Lipinski definition) is 2. The molecular weight excluding hydrogens is 340 g/mol. The van der Waals surface area contributed by atoms with Crippen molar-refractivity contribution in [3.8, 4) is 0 Å². The number of carbonyl (C=O) groups excluding carboxylic acids is 2. The molecule has 2 aromatic carbocycles. The zero-order chi connectivity index (χ0) is 18.4. The van der Waals surface area contributed by atoms with Crippen LogP contribution < -0.4 is 10.6 Å². The predicted molar refractivity (Wildman–Crippen MR) is 83.1 cm³/mol. The Hall–Kier alpha value is -2.90. The van der Waals surface area contributed by atoms with E-state index in [4.69, 9.17) is 0 Å². The lowest BCUT2D eigenvalue weighted by molar-refractivity contribution is -0.173. The smallest absolute Gasteiger partial charge is 0.344 e. The van der Waals surface area contributed by atoms with Crippen molar-refractivity contribution in [2.75, 3.05) is 5.32 Å². The maximum absolute atomic E-state index is 12.8. The van der Waals surface area contributed by atoms with E-state index in [9.17, 15) is 27.2 Å². The van der Waals surface area contributed by atoms with Gasteiger partial charge in [-0.3, -0.25) is 9.59 Å². The van der Waals surface area contributed by atoms with Crippen LogP contribution in [0.4, 0.5) is 23.2 Å². The van der Waals surface area contributed by atoms with Crippen LogP contribution in [-0.4, -0.2) is 18.0 Å². The summed E-state index contributed by atoms with van der Waals surface area (Å²) in [7, 11) is 0. The van der Waals surface area contributed by atoms with Gasteiger partial charge in [-0.15, -0.1) is 0 Å². The summed E-state index contributed by atoms with van der Waals surface area (Å²) in [4.78, 5) is 22.6. The van der Waals surface area contributed by atoms with Crippen LogP contribution in [0.1, 0.15) is 11.1 Å². The fourth-order valence-corrected chi connectivity index (χ4v) is 1.98. The first kappa shape index (κ1) is 18.4. The largest absolute Gasteiger partial charge is 0.471 e. The number of nitrogens with one attached hydrogen (secondary N) is 2. The van der Waals surface area contributed by atoms with Crippen LogP contribution in [0, 0.1) is 5.82 Å². The third-order valence-corrected chi connectivity index (χ3v) is 3.23. The molecule has 0 bridgehead atoms. The van der Waals surface area contributed by atoms with E-state index in [1.165, 1.54) is 48.5 Å². The first-order valence-electron chi connectivity index (χ1n) is 7.22. The number of benzene rings is 2. The van der Waals surface area contributed by atoms with E-state index in [0.29, 0.717) is 16.8 Å². The molecular formula is C17H14F4N2O2. The molecule has 4 nitrogen and oxygen atoms in total. The van der Waals surface area contributed by atoms with E-state index in [-0.39, 0.29) is 18.9 Å². The Morgan fingerprint density at radius 2 is 1.44 bits per heavy atom. The molecule has 2 N–H and O–H groups in total. The lowest BCUT2D eigenvalue weighted by atomic mass is 10.1. The lowest BCUT2D eigenvalue weighted by Gasteiger charge is -2.09. The van der Waals surface area contributed by atoms with Crippen LogP contribution in [0.2, 0.25) is 0 Å². The van der Waals surface area contributed by atoms with E-state index in [1.807, 2.05) is 0 Å². The van der Waals surface area contributed by atoms with Gasteiger partial charge in [-0.05, 0) is 35.4 Å². The highest BCUT2D eigenvalue weighted by molar-refractivity contribution is 5.92. The van der Waals surface area contributed by atoms with Crippen LogP contribution in [0.15, 0.2) is 48.5 Å². The average Bonchev–Trinajstić information content (AvgIpc) is 2.55. The molecule has 0 saturated heterocycles. The minimum Gasteiger partial charge on any atom is -0.344 e. The zero-order valence-corrected chi connectivity index (χ0v) is 12.9. The number of halogens is 4. The van der Waals surface area contributed by atoms with Gasteiger partial charge in [0.1, 0.15) is 5.82 Å². The second-order valence-corrected chi connectivity index (χ2v) is 5.23. The zero-order valence-electron chi connectivity index (χ0n) is 12.9. The number of carbonyl (C=O) groups is 2. The molecule has 25 heavy (non-hydrogen) atoms. The summed E-state index contributed by atoms with van der Waals surface area (Å²) in [5, 5.41) is 4.38. The molecule has 0 aliphatic rings. The van der Waals surface area contributed by atoms with Crippen molar-refractivity contribution in [1.82, 2.24) is 5.32 Å². The minimum atomic E-state index is -4.92. The third kappa shape index (κ3) is 5.91. The molecule has 132 valence electrons. The maximum atomic E-state index is 12.8. The molecule has 0 spiro atoms. The summed E-state index contributed by atoms with van der Waals surface area (Å²) < 4.78 is 49.0. The topological polar surface area (TPSA) is 58.2 Å². The Kier molecular flexibility index (Phi) is 5.74. The Balaban J connectivity index is 1.86. The normalized spacial score (nSPS) is 11.0. The summed E-state index contributed by atoms with van der Waals surface area (Å²) in [6, 6.07) is 11.5. The first-order valence-corrected chi connectivity index (χ1v) is 7.22. The molecule has 0 aliphatic carbocycles. The van der Waals surface area contributed by atoms with Crippen molar-refractivity contribution in [3.63, 3.8) is 0 Å². The lowest BCUT2D eigenvalue weighted by Crippen LogP contribution is -2.36. The summed E-state index contributed by atoms with van der Waals surface area (Å²) >= 11 is 0. The fourth-order valence-electron chi connectivity index (χ4n) is 1.98. The van der Waals surface area contributed by atoms with Gasteiger partial charge in [0.2, 0.25) is 5.91 Å². The van der Waals surface area contributed by atoms with Crippen molar-refractivity contribution < 1.29 is 27.2 Å². The van der Waals surface area contributed by atoms with Crippen molar-refractivity contribution >= 4 is 17.5 Å². The van der Waals surface area contributed by atoms with Crippen molar-refractivity contribution in [1.29, 1.82) is 0 Å². The molecule has 0 atom stereocenters. The molecule has 8 heteroatoms. The molecule has 0 radical (unpaired) electrons. The molecule has 0 aliphatic heterocycles. The minimum absolute atomic E-state index is 0.0592. The van der Waals surface area contributed by atoms with Crippen molar-refractivity contribution in [3.05, 3.63) is 65.5 Å². The van der Waals surface area contributed by atoms with Crippen molar-refractivity contribution in [2.45, 2.75) is 19.1 Å². The summed E-state index contributed by atoms with van der Waals surface area (Å²) in [5.74, 6) is -2.72. The highest BCUT2D eigenvalue weighted by Crippen LogP contribution is 2.15. The van der Waals surface area contributed by atoms with Gasteiger partial charge in [-0.2, -0.15) is 13.2 Å². The second kappa shape index (κ2) is 7.78. The van der Waals surface area contributed by atoms with E-state index in [2.05, 4.69) is 5.32 Å². The van der Waals surface area contributed by atoms with E-state index in [0.717, 1.165) is 0 Å². The SMILES string of the molecule is O=C(Cc1ccc(F)cc1)Nc1ccc(CNC(=O)C(F)(F)F)cc1. The van der Waals surface area contributed by atoms with Crippen LogP contribution in [0.5, 0.6) is 0 Å². The molecule has 0 saturated carbocycles. The number of anilines is 1. The third-order valence-electron chi connectivity index (χ3n) is 3.23. The van der Waals surface area contributed by atoms with E-state index in [1.54, 1.807) is 5.32 Å². The molecule has 2 rings (SSSR count). The van der Waals surface area contributed by atoms with Gasteiger partial charge in [0.15, 0.2) is 0 Å². The fraction of sp³-hybridized carbons (Fsp3) is 0.176. The molecule has 0 aromatic heterocycles. The number of hydrogen-bond donors (Lipinski definition) is 2. The monoisotopic (exact) mass is 354 g/mol. The summed E-state index contributed by atoms with van der Waals surface area (Å²) in [6.45, 7) is -0.276. The Morgan fingerprint density at radius 1 is 0.880 bits per heavy atom. The van der Waals surface area contributed by atoms with Gasteiger partial charge in [0.05, 0.1) is 6.42 Å². The van der Waals surface area contributed by atoms with Crippen molar-refractivity contribution in [2.24, 2.45) is 0 Å². The summed E-state index contributed by atoms with van der Waals surface area (Å²) in [5.41, 5.74) is 1.55. The number of alkyl halides is 3. The van der Waals surface area contributed by atoms with Gasteiger partial charge < -0.3 is 10.6 Å². The number of rotatable bonds is 5. The highest BCUT2D eigenvalue weighted by atomic mass is 19.4. The molecule has 0 fully saturated rings. The molecule has 0 heterocycles. The molecule has 2 amide bonds. The van der Waals surface area contributed by atoms with Gasteiger partial charge in [-0.1, -0.05) is 24.3 Å². The van der Waals surface area contributed by atoms with E-state index < -0.39 is 17.9 Å². The van der Waals surface area contributed by atoms with Gasteiger partial charge in [0, 0.05) is 12.2 Å².